The highest BCUT2D eigenvalue weighted by Gasteiger charge is 2.44. The molecule has 0 radical (unpaired) electrons. The van der Waals surface area contributed by atoms with Crippen molar-refractivity contribution in [2.24, 2.45) is 5.41 Å². The van der Waals surface area contributed by atoms with Gasteiger partial charge in [0.05, 0.1) is 12.0 Å². The van der Waals surface area contributed by atoms with Crippen LogP contribution in [0.1, 0.15) is 30.4 Å². The van der Waals surface area contributed by atoms with E-state index in [-0.39, 0.29) is 0 Å². The van der Waals surface area contributed by atoms with E-state index in [1.807, 2.05) is 36.4 Å². The van der Waals surface area contributed by atoms with E-state index in [9.17, 15) is 9.90 Å². The van der Waals surface area contributed by atoms with Gasteiger partial charge in [0.25, 0.3) is 0 Å². The van der Waals surface area contributed by atoms with Gasteiger partial charge in [0.1, 0.15) is 5.75 Å². The van der Waals surface area contributed by atoms with Crippen LogP contribution in [0.15, 0.2) is 53.0 Å². The van der Waals surface area contributed by atoms with Crippen LogP contribution >= 0.6 is 15.9 Å². The van der Waals surface area contributed by atoms with Gasteiger partial charge in [0.15, 0.2) is 0 Å². The summed E-state index contributed by atoms with van der Waals surface area (Å²) in [6, 6.07) is 16.1. The Labute approximate surface area is 150 Å². The summed E-state index contributed by atoms with van der Waals surface area (Å²) in [5, 5.41) is 9.41. The molecule has 1 fully saturated rings. The van der Waals surface area contributed by atoms with E-state index in [1.54, 1.807) is 0 Å². The number of aliphatic carboxylic acids is 1. The fourth-order valence-electron chi connectivity index (χ4n) is 3.10. The molecule has 0 saturated heterocycles. The van der Waals surface area contributed by atoms with Gasteiger partial charge in [0, 0.05) is 10.9 Å². The van der Waals surface area contributed by atoms with E-state index in [0.717, 1.165) is 41.5 Å². The Morgan fingerprint density at radius 1 is 1.04 bits per heavy atom. The first kappa shape index (κ1) is 17.0. The Morgan fingerprint density at radius 2 is 1.67 bits per heavy atom. The lowest BCUT2D eigenvalue weighted by Gasteiger charge is -2.37. The minimum atomic E-state index is -0.663. The molecule has 24 heavy (non-hydrogen) atoms. The van der Waals surface area contributed by atoms with Crippen molar-refractivity contribution in [3.8, 4) is 5.75 Å². The molecule has 0 heterocycles. The average molecular weight is 389 g/mol. The van der Waals surface area contributed by atoms with Crippen LogP contribution in [0.2, 0.25) is 0 Å². The van der Waals surface area contributed by atoms with E-state index < -0.39 is 11.4 Å². The van der Waals surface area contributed by atoms with Gasteiger partial charge in [-0.1, -0.05) is 46.6 Å². The number of carboxylic acids is 1. The molecule has 1 saturated carbocycles. The molecule has 3 rings (SSSR count). The van der Waals surface area contributed by atoms with Gasteiger partial charge in [-0.25, -0.2) is 0 Å². The molecular formula is C20H21BrO3. The van der Waals surface area contributed by atoms with Crippen LogP contribution in [-0.2, 0) is 17.6 Å². The fraction of sp³-hybridized carbons (Fsp3) is 0.350. The molecule has 0 amide bonds. The molecule has 126 valence electrons. The zero-order chi connectivity index (χ0) is 17.0. The van der Waals surface area contributed by atoms with Crippen LogP contribution in [0.5, 0.6) is 5.75 Å². The topological polar surface area (TPSA) is 46.5 Å². The van der Waals surface area contributed by atoms with Crippen molar-refractivity contribution < 1.29 is 14.6 Å². The molecule has 3 nitrogen and oxygen atoms in total. The third kappa shape index (κ3) is 3.99. The van der Waals surface area contributed by atoms with Crippen molar-refractivity contribution in [3.63, 3.8) is 0 Å². The maximum absolute atomic E-state index is 11.4. The highest BCUT2D eigenvalue weighted by atomic mass is 79.9. The average Bonchev–Trinajstić information content (AvgIpc) is 2.54. The summed E-state index contributed by atoms with van der Waals surface area (Å²) < 4.78 is 6.86. The summed E-state index contributed by atoms with van der Waals surface area (Å²) in [6.07, 6.45) is 4.06. The van der Waals surface area contributed by atoms with E-state index >= 15 is 0 Å². The molecule has 4 heteroatoms. The molecule has 2 aromatic carbocycles. The molecule has 0 aromatic heterocycles. The molecule has 0 atom stereocenters. The van der Waals surface area contributed by atoms with Crippen molar-refractivity contribution in [1.82, 2.24) is 0 Å². The third-order valence-corrected chi connectivity index (χ3v) is 5.33. The van der Waals surface area contributed by atoms with Crippen LogP contribution in [0.3, 0.4) is 0 Å². The number of rotatable bonds is 7. The molecular weight excluding hydrogens is 368 g/mol. The summed E-state index contributed by atoms with van der Waals surface area (Å²) in [6.45, 7) is 0.625. The quantitative estimate of drug-likeness (QED) is 0.735. The number of benzene rings is 2. The van der Waals surface area contributed by atoms with Crippen LogP contribution < -0.4 is 4.74 Å². The highest BCUT2D eigenvalue weighted by Crippen LogP contribution is 2.44. The highest BCUT2D eigenvalue weighted by molar-refractivity contribution is 9.10. The summed E-state index contributed by atoms with van der Waals surface area (Å²) in [5.74, 6) is 0.164. The molecule has 0 bridgehead atoms. The maximum Gasteiger partial charge on any atom is 0.309 e. The number of carbonyl (C=O) groups is 1. The number of carboxylic acid groups (broad SMARTS) is 1. The molecule has 0 aliphatic heterocycles. The lowest BCUT2D eigenvalue weighted by molar-refractivity contribution is -0.154. The van der Waals surface area contributed by atoms with Crippen LogP contribution in [0, 0.1) is 5.41 Å². The SMILES string of the molecule is O=C(O)C1(Cc2ccc(OCCc3ccc(Br)cc3)cc2)CCC1. The van der Waals surface area contributed by atoms with E-state index in [4.69, 9.17) is 4.74 Å². The predicted molar refractivity (Wildman–Crippen MR) is 97.4 cm³/mol. The number of ether oxygens (including phenoxy) is 1. The van der Waals surface area contributed by atoms with E-state index in [0.29, 0.717) is 13.0 Å². The first-order chi connectivity index (χ1) is 11.6. The van der Waals surface area contributed by atoms with Crippen LogP contribution in [-0.4, -0.2) is 17.7 Å². The number of halogens is 1. The van der Waals surface area contributed by atoms with Gasteiger partial charge in [-0.05, 0) is 54.7 Å². The zero-order valence-corrected chi connectivity index (χ0v) is 15.1. The number of hydrogen-bond acceptors (Lipinski definition) is 2. The number of hydrogen-bond donors (Lipinski definition) is 1. The van der Waals surface area contributed by atoms with E-state index in [2.05, 4.69) is 28.1 Å². The molecule has 0 spiro atoms. The first-order valence-electron chi connectivity index (χ1n) is 8.27. The van der Waals surface area contributed by atoms with Crippen LogP contribution in [0.25, 0.3) is 0 Å². The summed E-state index contributed by atoms with van der Waals surface area (Å²) >= 11 is 3.43. The molecule has 1 N–H and O–H groups in total. The lowest BCUT2D eigenvalue weighted by Crippen LogP contribution is -2.39. The van der Waals surface area contributed by atoms with Gasteiger partial charge in [-0.15, -0.1) is 0 Å². The Balaban J connectivity index is 1.51. The van der Waals surface area contributed by atoms with Crippen molar-refractivity contribution >= 4 is 21.9 Å². The van der Waals surface area contributed by atoms with Gasteiger partial charge in [-0.3, -0.25) is 4.79 Å². The minimum Gasteiger partial charge on any atom is -0.493 e. The van der Waals surface area contributed by atoms with E-state index in [1.165, 1.54) is 5.56 Å². The predicted octanol–water partition coefficient (Wildman–Crippen LogP) is 4.87. The Bertz CT molecular complexity index is 688. The monoisotopic (exact) mass is 388 g/mol. The zero-order valence-electron chi connectivity index (χ0n) is 13.5. The largest absolute Gasteiger partial charge is 0.493 e. The second-order valence-corrected chi connectivity index (χ2v) is 7.40. The Morgan fingerprint density at radius 3 is 2.21 bits per heavy atom. The van der Waals surface area contributed by atoms with Gasteiger partial charge < -0.3 is 9.84 Å². The second-order valence-electron chi connectivity index (χ2n) is 6.48. The van der Waals surface area contributed by atoms with Crippen LogP contribution in [0.4, 0.5) is 0 Å². The Kier molecular flexibility index (Phi) is 5.24. The Hall–Kier alpha value is -1.81. The molecule has 2 aromatic rings. The molecule has 1 aliphatic rings. The third-order valence-electron chi connectivity index (χ3n) is 4.80. The first-order valence-corrected chi connectivity index (χ1v) is 9.06. The normalized spacial score (nSPS) is 15.5. The smallest absolute Gasteiger partial charge is 0.309 e. The van der Waals surface area contributed by atoms with Crippen molar-refractivity contribution in [3.05, 3.63) is 64.1 Å². The lowest BCUT2D eigenvalue weighted by atomic mass is 9.65. The van der Waals surface area contributed by atoms with Gasteiger partial charge in [0.2, 0.25) is 0 Å². The summed E-state index contributed by atoms with van der Waals surface area (Å²) in [7, 11) is 0. The maximum atomic E-state index is 11.4. The minimum absolute atomic E-state index is 0.538. The van der Waals surface area contributed by atoms with Gasteiger partial charge in [-0.2, -0.15) is 0 Å². The summed E-state index contributed by atoms with van der Waals surface area (Å²) in [4.78, 5) is 11.4. The molecule has 1 aliphatic carbocycles. The van der Waals surface area contributed by atoms with Crippen molar-refractivity contribution in [2.75, 3.05) is 6.61 Å². The standard InChI is InChI=1S/C20H21BrO3/c21-17-6-2-15(3-7-17)10-13-24-18-8-4-16(5-9-18)14-20(19(22)23)11-1-12-20/h2-9H,1,10-14H2,(H,22,23). The molecule has 0 unspecified atom stereocenters. The summed E-state index contributed by atoms with van der Waals surface area (Å²) in [5.41, 5.74) is 1.77. The fourth-order valence-corrected chi connectivity index (χ4v) is 3.37. The van der Waals surface area contributed by atoms with Crippen molar-refractivity contribution in [1.29, 1.82) is 0 Å². The second kappa shape index (κ2) is 7.39. The van der Waals surface area contributed by atoms with Gasteiger partial charge >= 0.3 is 5.97 Å². The van der Waals surface area contributed by atoms with Crippen molar-refractivity contribution in [2.45, 2.75) is 32.1 Å².